The van der Waals surface area contributed by atoms with Gasteiger partial charge in [0.1, 0.15) is 6.04 Å². The lowest BCUT2D eigenvalue weighted by Crippen LogP contribution is -2.36. The molecule has 0 saturated carbocycles. The van der Waals surface area contributed by atoms with Crippen LogP contribution in [0.4, 0.5) is 0 Å². The number of hydrogen-bond donors (Lipinski definition) is 3. The summed E-state index contributed by atoms with van der Waals surface area (Å²) in [7, 11) is 5.10. The van der Waals surface area contributed by atoms with E-state index in [9.17, 15) is 4.79 Å². The first-order valence-corrected chi connectivity index (χ1v) is 6.12. The Morgan fingerprint density at radius 3 is 2.70 bits per heavy atom. The van der Waals surface area contributed by atoms with E-state index in [1.165, 1.54) is 21.2 Å². The molecule has 0 saturated heterocycles. The van der Waals surface area contributed by atoms with Crippen LogP contribution in [0.1, 0.15) is 0 Å². The molecule has 2 atom stereocenters. The first-order valence-electron chi connectivity index (χ1n) is 2.33. The highest BCUT2D eigenvalue weighted by Crippen LogP contribution is 2.28. The Balaban J connectivity index is 3.50. The number of hydroxylamine groups is 1. The van der Waals surface area contributed by atoms with Crippen LogP contribution in [0.3, 0.4) is 0 Å². The first kappa shape index (κ1) is 10.5. The van der Waals surface area contributed by atoms with Gasteiger partial charge in [-0.1, -0.05) is 29.6 Å². The fraction of sp³-hybridized carbons (Fsp3) is 0.667. The van der Waals surface area contributed by atoms with Crippen molar-refractivity contribution in [2.75, 3.05) is 5.75 Å². The van der Waals surface area contributed by atoms with Gasteiger partial charge in [0.15, 0.2) is 0 Å². The van der Waals surface area contributed by atoms with Crippen LogP contribution in [0, 0.1) is 0 Å². The lowest BCUT2D eigenvalue weighted by Gasteiger charge is -2.06. The molecule has 0 aromatic rings. The number of carboxylic acid groups (broad SMARTS) is 1. The Kier molecular flexibility index (Phi) is 6.57. The predicted octanol–water partition coefficient (Wildman–Crippen LogP) is 0.590. The molecule has 10 heavy (non-hydrogen) atoms. The molecule has 3 N–H and O–H groups in total. The van der Waals surface area contributed by atoms with E-state index in [0.717, 1.165) is 0 Å². The maximum absolute atomic E-state index is 10.2. The average Bonchev–Trinajstić information content (AvgIpc) is 1.89. The molecule has 0 aromatic carbocycles. The third kappa shape index (κ3) is 4.35. The summed E-state index contributed by atoms with van der Waals surface area (Å²) >= 11 is 0. The van der Waals surface area contributed by atoms with E-state index in [1.807, 2.05) is 0 Å². The van der Waals surface area contributed by atoms with Crippen LogP contribution in [0.5, 0.6) is 0 Å². The topological polar surface area (TPSA) is 69.6 Å². The van der Waals surface area contributed by atoms with Crippen LogP contribution >= 0.6 is 29.6 Å². The molecular weight excluding hydrogens is 193 g/mol. The molecule has 0 aliphatic carbocycles. The van der Waals surface area contributed by atoms with Gasteiger partial charge < -0.3 is 10.3 Å². The molecule has 4 nitrogen and oxygen atoms in total. The number of aliphatic carboxylic acids is 1. The minimum atomic E-state index is -1.05. The summed E-state index contributed by atoms with van der Waals surface area (Å²) in [6, 6.07) is -0.877. The van der Waals surface area contributed by atoms with Gasteiger partial charge in [0.2, 0.25) is 0 Å². The number of hydrogen-bond acceptors (Lipinski definition) is 5. The number of carboxylic acids is 1. The van der Waals surface area contributed by atoms with E-state index in [0.29, 0.717) is 5.75 Å². The van der Waals surface area contributed by atoms with Gasteiger partial charge in [0, 0.05) is 5.75 Å². The van der Waals surface area contributed by atoms with E-state index < -0.39 is 12.0 Å². The zero-order chi connectivity index (χ0) is 7.98. The SMILES string of the molecule is O=C(O)C(CSSP)NO. The Hall–Kier alpha value is 0.520. The maximum Gasteiger partial charge on any atom is 0.323 e. The van der Waals surface area contributed by atoms with Gasteiger partial charge >= 0.3 is 5.97 Å². The monoisotopic (exact) mass is 201 g/mol. The zero-order valence-corrected chi connectivity index (χ0v) is 7.77. The van der Waals surface area contributed by atoms with Gasteiger partial charge in [-0.15, -0.1) is 0 Å². The summed E-state index contributed by atoms with van der Waals surface area (Å²) in [5.41, 5.74) is 1.69. The fourth-order valence-corrected chi connectivity index (χ4v) is 2.05. The van der Waals surface area contributed by atoms with Crippen molar-refractivity contribution in [3.8, 4) is 0 Å². The normalized spacial score (nSPS) is 13.0. The minimum Gasteiger partial charge on any atom is -0.480 e. The van der Waals surface area contributed by atoms with Crippen molar-refractivity contribution in [3.05, 3.63) is 0 Å². The summed E-state index contributed by atoms with van der Waals surface area (Å²) in [6.45, 7) is 0. The molecule has 0 bridgehead atoms. The molecule has 0 aliphatic heterocycles. The standard InChI is InChI=1S/C3H8NO3PS2/c5-3(6)2(4-7)1-9-10-8/h2,4,7H,1,8H2,(H,5,6). The second-order valence-electron chi connectivity index (χ2n) is 1.40. The second-order valence-corrected chi connectivity index (χ2v) is 5.18. The number of rotatable bonds is 5. The van der Waals surface area contributed by atoms with Gasteiger partial charge in [0.05, 0.1) is 0 Å². The molecule has 60 valence electrons. The Morgan fingerprint density at radius 2 is 2.40 bits per heavy atom. The number of nitrogens with one attached hydrogen (secondary N) is 1. The molecule has 0 radical (unpaired) electrons. The Bertz CT molecular complexity index is 114. The minimum absolute atomic E-state index is 0.333. The van der Waals surface area contributed by atoms with E-state index in [-0.39, 0.29) is 0 Å². The van der Waals surface area contributed by atoms with Crippen LogP contribution in [-0.2, 0) is 4.79 Å². The summed E-state index contributed by atoms with van der Waals surface area (Å²) in [6.07, 6.45) is 0. The molecule has 0 aromatic heterocycles. The lowest BCUT2D eigenvalue weighted by molar-refractivity contribution is -0.141. The van der Waals surface area contributed by atoms with Crippen LogP contribution in [0.15, 0.2) is 0 Å². The molecule has 0 spiro atoms. The summed E-state index contributed by atoms with van der Waals surface area (Å²) in [5.74, 6) is -0.714. The van der Waals surface area contributed by atoms with E-state index in [4.69, 9.17) is 10.3 Å². The van der Waals surface area contributed by atoms with Crippen LogP contribution in [0.25, 0.3) is 0 Å². The molecule has 2 unspecified atom stereocenters. The third-order valence-electron chi connectivity index (χ3n) is 0.757. The second kappa shape index (κ2) is 6.24. The van der Waals surface area contributed by atoms with Crippen molar-refractivity contribution in [2.45, 2.75) is 6.04 Å². The van der Waals surface area contributed by atoms with E-state index >= 15 is 0 Å². The molecule has 0 fully saturated rings. The van der Waals surface area contributed by atoms with Crippen molar-refractivity contribution >= 4 is 35.6 Å². The summed E-state index contributed by atoms with van der Waals surface area (Å²) < 4.78 is 0. The van der Waals surface area contributed by atoms with Crippen molar-refractivity contribution in [3.63, 3.8) is 0 Å². The van der Waals surface area contributed by atoms with Gasteiger partial charge in [-0.2, -0.15) is 5.48 Å². The van der Waals surface area contributed by atoms with Gasteiger partial charge in [0.25, 0.3) is 0 Å². The maximum atomic E-state index is 10.2. The fourth-order valence-electron chi connectivity index (χ4n) is 0.271. The predicted molar refractivity (Wildman–Crippen MR) is 46.1 cm³/mol. The first-order chi connectivity index (χ1) is 4.72. The number of carbonyl (C=O) groups is 1. The lowest BCUT2D eigenvalue weighted by atomic mass is 10.4. The molecule has 0 amide bonds. The van der Waals surface area contributed by atoms with Crippen molar-refractivity contribution < 1.29 is 15.1 Å². The van der Waals surface area contributed by atoms with E-state index in [2.05, 4.69) is 8.44 Å². The summed E-state index contributed by atoms with van der Waals surface area (Å²) in [5, 5.41) is 16.6. The quantitative estimate of drug-likeness (QED) is 0.343. The van der Waals surface area contributed by atoms with E-state index in [1.54, 1.807) is 5.48 Å². The Labute approximate surface area is 68.4 Å². The van der Waals surface area contributed by atoms with Gasteiger partial charge in [-0.3, -0.25) is 4.79 Å². The van der Waals surface area contributed by atoms with Crippen molar-refractivity contribution in [2.24, 2.45) is 0 Å². The van der Waals surface area contributed by atoms with Crippen LogP contribution < -0.4 is 5.48 Å². The average molecular weight is 201 g/mol. The highest BCUT2D eigenvalue weighted by molar-refractivity contribution is 8.94. The molecule has 7 heteroatoms. The zero-order valence-electron chi connectivity index (χ0n) is 4.98. The summed E-state index contributed by atoms with van der Waals surface area (Å²) in [4.78, 5) is 10.2. The van der Waals surface area contributed by atoms with Crippen molar-refractivity contribution in [1.29, 1.82) is 0 Å². The molecule has 0 heterocycles. The molecule has 0 aliphatic rings. The van der Waals surface area contributed by atoms with Gasteiger partial charge in [-0.25, -0.2) is 0 Å². The van der Waals surface area contributed by atoms with Crippen LogP contribution in [-0.4, -0.2) is 28.1 Å². The van der Waals surface area contributed by atoms with Crippen LogP contribution in [0.2, 0.25) is 0 Å². The Morgan fingerprint density at radius 1 is 1.80 bits per heavy atom. The highest BCUT2D eigenvalue weighted by Gasteiger charge is 2.14. The highest BCUT2D eigenvalue weighted by atomic mass is 33.3. The third-order valence-corrected chi connectivity index (χ3v) is 3.40. The smallest absolute Gasteiger partial charge is 0.323 e. The largest absolute Gasteiger partial charge is 0.480 e. The molecular formula is C3H8NO3PS2. The molecule has 0 rings (SSSR count). The van der Waals surface area contributed by atoms with Crippen molar-refractivity contribution in [1.82, 2.24) is 5.48 Å². The van der Waals surface area contributed by atoms with Gasteiger partial charge in [-0.05, 0) is 0 Å².